The minimum absolute atomic E-state index is 0.0663. The molecule has 7 heteroatoms. The number of hydrogen-bond acceptors (Lipinski definition) is 6. The molecule has 0 aliphatic carbocycles. The summed E-state index contributed by atoms with van der Waals surface area (Å²) in [5, 5.41) is 13.0. The standard InChI is InChI=1S/C28H29N5OS/c1-19-9-6-7-13-23(19)28-30-20(2)25(35-28)17-29-27(34)22-12-8-16-33(18-22)26-15-14-24(31-32-26)21-10-4-3-5-11-21/h3-7,9-11,13-15,22H,8,12,16-18H2,1-2H3,(H,29,34). The van der Waals surface area contributed by atoms with Crippen molar-refractivity contribution >= 4 is 23.1 Å². The summed E-state index contributed by atoms with van der Waals surface area (Å²) in [6.07, 6.45) is 1.84. The molecule has 0 spiro atoms. The zero-order valence-corrected chi connectivity index (χ0v) is 20.9. The third-order valence-corrected chi connectivity index (χ3v) is 7.72. The Morgan fingerprint density at radius 2 is 1.83 bits per heavy atom. The third kappa shape index (κ3) is 5.25. The van der Waals surface area contributed by atoms with Gasteiger partial charge in [0.15, 0.2) is 5.82 Å². The maximum atomic E-state index is 13.0. The molecule has 1 unspecified atom stereocenters. The van der Waals surface area contributed by atoms with Gasteiger partial charge < -0.3 is 10.2 Å². The van der Waals surface area contributed by atoms with Gasteiger partial charge in [-0.25, -0.2) is 4.98 Å². The minimum Gasteiger partial charge on any atom is -0.354 e. The van der Waals surface area contributed by atoms with Gasteiger partial charge in [-0.1, -0.05) is 54.6 Å². The van der Waals surface area contributed by atoms with Crippen molar-refractivity contribution in [1.82, 2.24) is 20.5 Å². The maximum absolute atomic E-state index is 13.0. The maximum Gasteiger partial charge on any atom is 0.225 e. The monoisotopic (exact) mass is 483 g/mol. The normalized spacial score (nSPS) is 15.7. The molecule has 178 valence electrons. The summed E-state index contributed by atoms with van der Waals surface area (Å²) in [6.45, 7) is 6.16. The van der Waals surface area contributed by atoms with Crippen LogP contribution >= 0.6 is 11.3 Å². The number of carbonyl (C=O) groups is 1. The van der Waals surface area contributed by atoms with Crippen molar-refractivity contribution in [3.63, 3.8) is 0 Å². The first kappa shape index (κ1) is 23.2. The van der Waals surface area contributed by atoms with E-state index in [1.807, 2.05) is 61.5 Å². The Morgan fingerprint density at radius 1 is 1.03 bits per heavy atom. The quantitative estimate of drug-likeness (QED) is 0.397. The van der Waals surface area contributed by atoms with Gasteiger partial charge in [0.25, 0.3) is 0 Å². The average Bonchev–Trinajstić information content (AvgIpc) is 3.28. The molecule has 2 aromatic heterocycles. The lowest BCUT2D eigenvalue weighted by Gasteiger charge is -2.32. The van der Waals surface area contributed by atoms with Crippen LogP contribution in [-0.4, -0.2) is 34.2 Å². The number of aromatic nitrogens is 3. The number of nitrogens with zero attached hydrogens (tertiary/aromatic N) is 4. The van der Waals surface area contributed by atoms with Crippen LogP contribution in [-0.2, 0) is 11.3 Å². The van der Waals surface area contributed by atoms with Gasteiger partial charge in [-0.15, -0.1) is 21.5 Å². The molecule has 0 radical (unpaired) electrons. The number of piperidine rings is 1. The summed E-state index contributed by atoms with van der Waals surface area (Å²) in [5.41, 5.74) is 5.24. The Labute approximate surface area is 210 Å². The van der Waals surface area contributed by atoms with E-state index in [2.05, 4.69) is 39.5 Å². The zero-order valence-electron chi connectivity index (χ0n) is 20.1. The Kier molecular flexibility index (Phi) is 6.86. The second-order valence-electron chi connectivity index (χ2n) is 8.99. The highest BCUT2D eigenvalue weighted by Gasteiger charge is 2.27. The van der Waals surface area contributed by atoms with E-state index in [0.29, 0.717) is 13.1 Å². The van der Waals surface area contributed by atoms with E-state index in [4.69, 9.17) is 4.98 Å². The third-order valence-electron chi connectivity index (χ3n) is 6.53. The van der Waals surface area contributed by atoms with Crippen LogP contribution in [0.3, 0.4) is 0 Å². The zero-order chi connectivity index (χ0) is 24.2. The molecular weight excluding hydrogens is 454 g/mol. The van der Waals surface area contributed by atoms with Crippen LogP contribution in [0.5, 0.6) is 0 Å². The molecule has 1 N–H and O–H groups in total. The SMILES string of the molecule is Cc1ccccc1-c1nc(C)c(CNC(=O)C2CCCN(c3ccc(-c4ccccc4)nn3)C2)s1. The molecule has 1 aliphatic rings. The highest BCUT2D eigenvalue weighted by Crippen LogP contribution is 2.30. The number of nitrogens with one attached hydrogen (secondary N) is 1. The van der Waals surface area contributed by atoms with Gasteiger partial charge in [0.05, 0.1) is 23.9 Å². The number of benzene rings is 2. The number of carbonyl (C=O) groups excluding carboxylic acids is 1. The molecular formula is C28H29N5OS. The van der Waals surface area contributed by atoms with Crippen LogP contribution in [0.2, 0.25) is 0 Å². The number of anilines is 1. The van der Waals surface area contributed by atoms with E-state index in [9.17, 15) is 4.79 Å². The Bertz CT molecular complexity index is 1300. The Balaban J connectivity index is 1.21. The molecule has 1 aliphatic heterocycles. The Morgan fingerprint density at radius 3 is 2.60 bits per heavy atom. The molecule has 35 heavy (non-hydrogen) atoms. The van der Waals surface area contributed by atoms with E-state index in [0.717, 1.165) is 57.6 Å². The highest BCUT2D eigenvalue weighted by molar-refractivity contribution is 7.15. The van der Waals surface area contributed by atoms with Gasteiger partial charge in [-0.3, -0.25) is 4.79 Å². The van der Waals surface area contributed by atoms with Crippen molar-refractivity contribution in [2.24, 2.45) is 5.92 Å². The van der Waals surface area contributed by atoms with Crippen molar-refractivity contribution in [1.29, 1.82) is 0 Å². The predicted molar refractivity (Wildman–Crippen MR) is 141 cm³/mol. The summed E-state index contributed by atoms with van der Waals surface area (Å²) in [7, 11) is 0. The Hall–Kier alpha value is -3.58. The summed E-state index contributed by atoms with van der Waals surface area (Å²) in [5.74, 6) is 0.848. The summed E-state index contributed by atoms with van der Waals surface area (Å²) < 4.78 is 0. The van der Waals surface area contributed by atoms with Crippen LogP contribution in [0, 0.1) is 19.8 Å². The van der Waals surface area contributed by atoms with E-state index in [1.165, 1.54) is 5.56 Å². The van der Waals surface area contributed by atoms with Gasteiger partial charge in [0.1, 0.15) is 5.01 Å². The van der Waals surface area contributed by atoms with E-state index < -0.39 is 0 Å². The smallest absolute Gasteiger partial charge is 0.225 e. The fourth-order valence-corrected chi connectivity index (χ4v) is 5.58. The summed E-state index contributed by atoms with van der Waals surface area (Å²) in [4.78, 5) is 21.1. The first-order valence-electron chi connectivity index (χ1n) is 12.0. The number of rotatable bonds is 6. The van der Waals surface area contributed by atoms with E-state index in [-0.39, 0.29) is 11.8 Å². The van der Waals surface area contributed by atoms with Gasteiger partial charge >= 0.3 is 0 Å². The molecule has 0 saturated carbocycles. The van der Waals surface area contributed by atoms with Crippen LogP contribution in [0.25, 0.3) is 21.8 Å². The average molecular weight is 484 g/mol. The molecule has 1 amide bonds. The largest absolute Gasteiger partial charge is 0.354 e. The van der Waals surface area contributed by atoms with Crippen molar-refractivity contribution in [3.8, 4) is 21.8 Å². The van der Waals surface area contributed by atoms with E-state index >= 15 is 0 Å². The van der Waals surface area contributed by atoms with Crippen LogP contribution < -0.4 is 10.2 Å². The second kappa shape index (κ2) is 10.4. The molecule has 1 atom stereocenters. The topological polar surface area (TPSA) is 71.0 Å². The highest BCUT2D eigenvalue weighted by atomic mass is 32.1. The van der Waals surface area contributed by atoms with Gasteiger partial charge in [-0.2, -0.15) is 0 Å². The summed E-state index contributed by atoms with van der Waals surface area (Å²) in [6, 6.07) is 22.3. The van der Waals surface area contributed by atoms with Crippen molar-refractivity contribution in [2.45, 2.75) is 33.2 Å². The van der Waals surface area contributed by atoms with Crippen LogP contribution in [0.15, 0.2) is 66.7 Å². The molecule has 5 rings (SSSR count). The summed E-state index contributed by atoms with van der Waals surface area (Å²) >= 11 is 1.66. The minimum atomic E-state index is -0.0663. The molecule has 1 fully saturated rings. The first-order valence-corrected chi connectivity index (χ1v) is 12.8. The number of thiazole rings is 1. The lowest BCUT2D eigenvalue weighted by atomic mass is 9.97. The number of amides is 1. The molecule has 2 aromatic carbocycles. The first-order chi connectivity index (χ1) is 17.1. The fraction of sp³-hybridized carbons (Fsp3) is 0.286. The fourth-order valence-electron chi connectivity index (χ4n) is 4.49. The lowest BCUT2D eigenvalue weighted by molar-refractivity contribution is -0.125. The lowest BCUT2D eigenvalue weighted by Crippen LogP contribution is -2.43. The number of hydrogen-bond donors (Lipinski definition) is 1. The molecule has 4 aromatic rings. The molecule has 1 saturated heterocycles. The van der Waals surface area contributed by atoms with Crippen molar-refractivity contribution < 1.29 is 4.79 Å². The van der Waals surface area contributed by atoms with Gasteiger partial charge in [0.2, 0.25) is 5.91 Å². The second-order valence-corrected chi connectivity index (χ2v) is 10.1. The van der Waals surface area contributed by atoms with Gasteiger partial charge in [-0.05, 0) is 44.4 Å². The van der Waals surface area contributed by atoms with Crippen molar-refractivity contribution in [3.05, 3.63) is 82.9 Å². The van der Waals surface area contributed by atoms with Crippen LogP contribution in [0.1, 0.15) is 29.0 Å². The van der Waals surface area contributed by atoms with Crippen molar-refractivity contribution in [2.75, 3.05) is 18.0 Å². The van der Waals surface area contributed by atoms with Crippen LogP contribution in [0.4, 0.5) is 5.82 Å². The molecule has 6 nitrogen and oxygen atoms in total. The predicted octanol–water partition coefficient (Wildman–Crippen LogP) is 5.42. The molecule has 0 bridgehead atoms. The van der Waals surface area contributed by atoms with Gasteiger partial charge in [0, 0.05) is 29.1 Å². The molecule has 3 heterocycles. The number of aryl methyl sites for hydroxylation is 2. The van der Waals surface area contributed by atoms with E-state index in [1.54, 1.807) is 11.3 Å².